The molecule has 0 aliphatic heterocycles. The topological polar surface area (TPSA) is 21.6 Å². The van der Waals surface area contributed by atoms with Crippen LogP contribution in [0.5, 0.6) is 0 Å². The van der Waals surface area contributed by atoms with Crippen LogP contribution in [0.1, 0.15) is 13.8 Å². The molecule has 0 saturated carbocycles. The fourth-order valence-corrected chi connectivity index (χ4v) is 0.447. The van der Waals surface area contributed by atoms with Crippen molar-refractivity contribution in [2.45, 2.75) is 13.8 Å². The van der Waals surface area contributed by atoms with Crippen LogP contribution < -0.4 is 0 Å². The zero-order chi connectivity index (χ0) is 7.98. The number of hydrogen-bond acceptors (Lipinski definition) is 2. The number of rotatable bonds is 3. The number of allylic oxidation sites excluding steroid dienone is 3. The van der Waals surface area contributed by atoms with Gasteiger partial charge in [0.15, 0.2) is 0 Å². The standard InChI is InChI=1S/C8H13NO/c1-5-7(2)6-8(9-3)10-4/h5-6H,3H2,1-2,4H3/b7-5-,8-6+. The third kappa shape index (κ3) is 3.07. The molecule has 0 N–H and O–H groups in total. The van der Waals surface area contributed by atoms with E-state index in [1.807, 2.05) is 26.0 Å². The molecule has 2 heteroatoms. The third-order valence-corrected chi connectivity index (χ3v) is 1.17. The molecule has 0 fully saturated rings. The summed E-state index contributed by atoms with van der Waals surface area (Å²) >= 11 is 0. The Labute approximate surface area is 61.9 Å². The second-order valence-corrected chi connectivity index (χ2v) is 1.88. The molecule has 0 radical (unpaired) electrons. The first-order chi connectivity index (χ1) is 4.74. The zero-order valence-electron chi connectivity index (χ0n) is 6.72. The maximum absolute atomic E-state index is 4.86. The van der Waals surface area contributed by atoms with Gasteiger partial charge in [0.2, 0.25) is 5.88 Å². The Kier molecular flexibility index (Phi) is 4.29. The minimum atomic E-state index is 0.551. The monoisotopic (exact) mass is 139 g/mol. The number of hydrogen-bond donors (Lipinski definition) is 0. The molecular formula is C8H13NO. The summed E-state index contributed by atoms with van der Waals surface area (Å²) in [6.45, 7) is 7.29. The van der Waals surface area contributed by atoms with Gasteiger partial charge < -0.3 is 4.74 Å². The molecule has 0 amide bonds. The molecule has 0 rings (SSSR count). The van der Waals surface area contributed by atoms with E-state index >= 15 is 0 Å². The molecule has 0 saturated heterocycles. The summed E-state index contributed by atoms with van der Waals surface area (Å²) in [5.41, 5.74) is 1.12. The quantitative estimate of drug-likeness (QED) is 0.333. The molecule has 0 heterocycles. The molecular weight excluding hydrogens is 126 g/mol. The van der Waals surface area contributed by atoms with Crippen molar-refractivity contribution < 1.29 is 4.74 Å². The van der Waals surface area contributed by atoms with E-state index in [1.165, 1.54) is 0 Å². The van der Waals surface area contributed by atoms with Crippen molar-refractivity contribution in [1.82, 2.24) is 0 Å². The van der Waals surface area contributed by atoms with Gasteiger partial charge in [0.1, 0.15) is 0 Å². The molecule has 0 spiro atoms. The molecule has 0 bridgehead atoms. The van der Waals surface area contributed by atoms with Crippen molar-refractivity contribution in [2.24, 2.45) is 4.99 Å². The Hall–Kier alpha value is -1.05. The lowest BCUT2D eigenvalue weighted by atomic mass is 10.3. The van der Waals surface area contributed by atoms with Crippen LogP contribution in [-0.4, -0.2) is 13.8 Å². The first-order valence-electron chi connectivity index (χ1n) is 3.10. The Morgan fingerprint density at radius 2 is 2.20 bits per heavy atom. The summed E-state index contributed by atoms with van der Waals surface area (Å²) in [4.78, 5) is 3.64. The van der Waals surface area contributed by atoms with Crippen LogP contribution >= 0.6 is 0 Å². The zero-order valence-corrected chi connectivity index (χ0v) is 6.72. The van der Waals surface area contributed by atoms with E-state index in [9.17, 15) is 0 Å². The summed E-state index contributed by atoms with van der Waals surface area (Å²) in [5, 5.41) is 0. The Balaban J connectivity index is 4.24. The maximum Gasteiger partial charge on any atom is 0.212 e. The summed E-state index contributed by atoms with van der Waals surface area (Å²) in [7, 11) is 1.57. The second-order valence-electron chi connectivity index (χ2n) is 1.88. The van der Waals surface area contributed by atoms with Crippen molar-refractivity contribution in [3.05, 3.63) is 23.6 Å². The first-order valence-corrected chi connectivity index (χ1v) is 3.10. The number of nitrogens with zero attached hydrogens (tertiary/aromatic N) is 1. The third-order valence-electron chi connectivity index (χ3n) is 1.17. The van der Waals surface area contributed by atoms with Crippen molar-refractivity contribution >= 4 is 6.72 Å². The molecule has 0 aromatic rings. The molecule has 2 nitrogen and oxygen atoms in total. The molecule has 0 unspecified atom stereocenters. The van der Waals surface area contributed by atoms with Gasteiger partial charge in [-0.25, -0.2) is 4.99 Å². The largest absolute Gasteiger partial charge is 0.481 e. The van der Waals surface area contributed by atoms with Crippen molar-refractivity contribution in [1.29, 1.82) is 0 Å². The van der Waals surface area contributed by atoms with Crippen molar-refractivity contribution in [2.75, 3.05) is 7.11 Å². The predicted octanol–water partition coefficient (Wildman–Crippen LogP) is 2.14. The molecule has 10 heavy (non-hydrogen) atoms. The molecule has 0 aromatic heterocycles. The summed E-state index contributed by atoms with van der Waals surface area (Å²) in [6, 6.07) is 0. The van der Waals surface area contributed by atoms with E-state index in [1.54, 1.807) is 7.11 Å². The Morgan fingerprint density at radius 3 is 2.50 bits per heavy atom. The second kappa shape index (κ2) is 4.79. The lowest BCUT2D eigenvalue weighted by Gasteiger charge is -1.97. The van der Waals surface area contributed by atoms with E-state index < -0.39 is 0 Å². The average Bonchev–Trinajstić information content (AvgIpc) is 1.99. The van der Waals surface area contributed by atoms with Crippen molar-refractivity contribution in [3.63, 3.8) is 0 Å². The van der Waals surface area contributed by atoms with E-state index in [0.717, 1.165) is 5.57 Å². The molecule has 0 aromatic carbocycles. The lowest BCUT2D eigenvalue weighted by Crippen LogP contribution is -1.81. The van der Waals surface area contributed by atoms with Crippen molar-refractivity contribution in [3.8, 4) is 0 Å². The number of aliphatic imine (C=N–C) groups is 1. The molecule has 0 atom stereocenters. The van der Waals surface area contributed by atoms with Crippen LogP contribution in [-0.2, 0) is 4.74 Å². The van der Waals surface area contributed by atoms with Crippen LogP contribution in [0, 0.1) is 0 Å². The first kappa shape index (κ1) is 8.95. The SMILES string of the molecule is C=N/C(=C\C(C)=C/C)OC. The fourth-order valence-electron chi connectivity index (χ4n) is 0.447. The molecule has 56 valence electrons. The van der Waals surface area contributed by atoms with Gasteiger partial charge in [0, 0.05) is 6.08 Å². The Bertz CT molecular complexity index is 168. The average molecular weight is 139 g/mol. The summed E-state index contributed by atoms with van der Waals surface area (Å²) in [6.07, 6.45) is 3.80. The van der Waals surface area contributed by atoms with Gasteiger partial charge in [0.05, 0.1) is 7.11 Å². The van der Waals surface area contributed by atoms with Crippen LogP contribution in [0.25, 0.3) is 0 Å². The van der Waals surface area contributed by atoms with Gasteiger partial charge in [-0.1, -0.05) is 11.6 Å². The van der Waals surface area contributed by atoms with Crippen LogP contribution in [0.15, 0.2) is 28.6 Å². The fraction of sp³-hybridized carbons (Fsp3) is 0.375. The normalized spacial score (nSPS) is 13.1. The van der Waals surface area contributed by atoms with E-state index in [4.69, 9.17) is 4.74 Å². The number of ether oxygens (including phenoxy) is 1. The van der Waals surface area contributed by atoms with Crippen LogP contribution in [0.2, 0.25) is 0 Å². The minimum Gasteiger partial charge on any atom is -0.481 e. The van der Waals surface area contributed by atoms with E-state index in [-0.39, 0.29) is 0 Å². The van der Waals surface area contributed by atoms with Crippen LogP contribution in [0.4, 0.5) is 0 Å². The highest BCUT2D eigenvalue weighted by molar-refractivity contribution is 5.29. The smallest absolute Gasteiger partial charge is 0.212 e. The molecule has 0 aliphatic rings. The highest BCUT2D eigenvalue weighted by Crippen LogP contribution is 2.02. The maximum atomic E-state index is 4.86. The van der Waals surface area contributed by atoms with Gasteiger partial charge in [-0.2, -0.15) is 0 Å². The van der Waals surface area contributed by atoms with Gasteiger partial charge in [-0.15, -0.1) is 0 Å². The summed E-state index contributed by atoms with van der Waals surface area (Å²) in [5.74, 6) is 0.551. The van der Waals surface area contributed by atoms with Gasteiger partial charge in [0.25, 0.3) is 0 Å². The highest BCUT2D eigenvalue weighted by atomic mass is 16.5. The van der Waals surface area contributed by atoms with Gasteiger partial charge >= 0.3 is 0 Å². The highest BCUT2D eigenvalue weighted by Gasteiger charge is 1.87. The van der Waals surface area contributed by atoms with E-state index in [2.05, 4.69) is 11.7 Å². The molecule has 0 aliphatic carbocycles. The Morgan fingerprint density at radius 1 is 1.60 bits per heavy atom. The predicted molar refractivity (Wildman–Crippen MR) is 44.1 cm³/mol. The van der Waals surface area contributed by atoms with E-state index in [0.29, 0.717) is 5.88 Å². The van der Waals surface area contributed by atoms with Gasteiger partial charge in [-0.05, 0) is 20.6 Å². The lowest BCUT2D eigenvalue weighted by molar-refractivity contribution is 0.289. The van der Waals surface area contributed by atoms with Gasteiger partial charge in [-0.3, -0.25) is 0 Å². The minimum absolute atomic E-state index is 0.551. The van der Waals surface area contributed by atoms with Crippen LogP contribution in [0.3, 0.4) is 0 Å². The number of methoxy groups -OCH3 is 1. The summed E-state index contributed by atoms with van der Waals surface area (Å²) < 4.78 is 4.86.